The van der Waals surface area contributed by atoms with Crippen molar-refractivity contribution in [3.63, 3.8) is 0 Å². The third-order valence-electron chi connectivity index (χ3n) is 1.28. The fourth-order valence-electron chi connectivity index (χ4n) is 0.693. The van der Waals surface area contributed by atoms with Crippen molar-refractivity contribution in [2.45, 2.75) is 19.3 Å². The van der Waals surface area contributed by atoms with Gasteiger partial charge in [-0.25, -0.2) is 4.79 Å². The first kappa shape index (κ1) is 14.0. The maximum atomic E-state index is 10.7. The number of halogens is 1. The summed E-state index contributed by atoms with van der Waals surface area (Å²) in [5, 5.41) is 0. The van der Waals surface area contributed by atoms with E-state index in [1.54, 1.807) is 21.6 Å². The van der Waals surface area contributed by atoms with Gasteiger partial charge in [-0.2, -0.15) is 0 Å². The van der Waals surface area contributed by atoms with Gasteiger partial charge in [-0.05, 0) is 12.8 Å². The van der Waals surface area contributed by atoms with Crippen LogP contribution in [0.1, 0.15) is 19.3 Å². The molecule has 1 amide bonds. The van der Waals surface area contributed by atoms with Crippen molar-refractivity contribution in [3.8, 4) is 0 Å². The van der Waals surface area contributed by atoms with E-state index in [0.29, 0.717) is 12.3 Å². The van der Waals surface area contributed by atoms with Crippen molar-refractivity contribution < 1.29 is 9.59 Å². The molecule has 6 heteroatoms. The summed E-state index contributed by atoms with van der Waals surface area (Å²) in [5.41, 5.74) is 0. The van der Waals surface area contributed by atoms with Gasteiger partial charge in [0.1, 0.15) is 0 Å². The van der Waals surface area contributed by atoms with Gasteiger partial charge >= 0.3 is 0 Å². The molecule has 0 atom stereocenters. The van der Waals surface area contributed by atoms with E-state index in [1.165, 1.54) is 6.08 Å². The molecule has 0 bridgehead atoms. The molecule has 0 aliphatic rings. The van der Waals surface area contributed by atoms with Gasteiger partial charge in [0.2, 0.25) is 6.08 Å². The first-order valence-corrected chi connectivity index (χ1v) is 7.24. The number of hydrogen-bond donors (Lipinski definition) is 0. The van der Waals surface area contributed by atoms with Crippen LogP contribution in [0.4, 0.5) is 0 Å². The Kier molecular flexibility index (Phi) is 11.1. The first-order valence-electron chi connectivity index (χ1n) is 4.22. The Bertz CT molecular complexity index is 208. The summed E-state index contributed by atoms with van der Waals surface area (Å²) in [4.78, 5) is 23.4. The molecule has 0 saturated heterocycles. The molecule has 0 fully saturated rings. The molecule has 0 saturated carbocycles. The van der Waals surface area contributed by atoms with Crippen molar-refractivity contribution in [3.05, 3.63) is 0 Å². The van der Waals surface area contributed by atoms with Gasteiger partial charge in [-0.15, -0.1) is 16.6 Å². The number of hydrogen-bond acceptors (Lipinski definition) is 4. The molecule has 14 heavy (non-hydrogen) atoms. The van der Waals surface area contributed by atoms with Crippen LogP contribution in [-0.2, 0) is 9.59 Å². The molecule has 0 radical (unpaired) electrons. The molecule has 0 N–H and O–H groups in total. The number of aliphatic imine (C=N–C) groups is 1. The zero-order valence-corrected chi connectivity index (χ0v) is 10.1. The largest absolute Gasteiger partial charge is 0.272 e. The highest BCUT2D eigenvalue weighted by molar-refractivity contribution is 8.76. The zero-order chi connectivity index (χ0) is 10.6. The molecular formula is C8H12ClNO2S2. The molecule has 3 nitrogen and oxygen atoms in total. The normalized spacial score (nSPS) is 9.50. The van der Waals surface area contributed by atoms with Gasteiger partial charge in [0.15, 0.2) is 0 Å². The maximum absolute atomic E-state index is 10.7. The minimum absolute atomic E-state index is 0.343. The number of amides is 1. The standard InChI is InChI=1S/C8H12ClNO2S2/c9-4-6-14-13-5-2-1-3-8(12)10-7-11/h1-6H2. The second-order valence-electron chi connectivity index (χ2n) is 2.39. The van der Waals surface area contributed by atoms with Crippen molar-refractivity contribution in [2.75, 3.05) is 17.4 Å². The van der Waals surface area contributed by atoms with Crippen LogP contribution in [0.2, 0.25) is 0 Å². The first-order chi connectivity index (χ1) is 6.81. The molecule has 0 aromatic heterocycles. The monoisotopic (exact) mass is 253 g/mol. The minimum Gasteiger partial charge on any atom is -0.272 e. The summed E-state index contributed by atoms with van der Waals surface area (Å²) in [6.45, 7) is 0. The second kappa shape index (κ2) is 11.1. The van der Waals surface area contributed by atoms with Gasteiger partial charge in [-0.3, -0.25) is 4.79 Å². The summed E-state index contributed by atoms with van der Waals surface area (Å²) in [6, 6.07) is 0. The van der Waals surface area contributed by atoms with E-state index in [0.717, 1.165) is 24.3 Å². The smallest absolute Gasteiger partial charge is 0.256 e. The molecule has 0 aromatic carbocycles. The molecule has 0 rings (SSSR count). The predicted molar refractivity (Wildman–Crippen MR) is 62.6 cm³/mol. The Morgan fingerprint density at radius 1 is 1.29 bits per heavy atom. The molecule has 0 aliphatic heterocycles. The van der Waals surface area contributed by atoms with Gasteiger partial charge < -0.3 is 0 Å². The van der Waals surface area contributed by atoms with E-state index in [2.05, 4.69) is 4.99 Å². The summed E-state index contributed by atoms with van der Waals surface area (Å²) in [6.07, 6.45) is 3.32. The average Bonchev–Trinajstić information content (AvgIpc) is 2.17. The Labute approximate surface area is 96.5 Å². The summed E-state index contributed by atoms with van der Waals surface area (Å²) >= 11 is 5.49. The second-order valence-corrected chi connectivity index (χ2v) is 5.47. The van der Waals surface area contributed by atoms with Gasteiger partial charge in [0.05, 0.1) is 0 Å². The van der Waals surface area contributed by atoms with Crippen LogP contribution in [0.25, 0.3) is 0 Å². The number of rotatable bonds is 8. The third-order valence-corrected chi connectivity index (χ3v) is 4.19. The van der Waals surface area contributed by atoms with E-state index >= 15 is 0 Å². The lowest BCUT2D eigenvalue weighted by atomic mass is 10.2. The number of isocyanates is 1. The van der Waals surface area contributed by atoms with E-state index in [9.17, 15) is 9.59 Å². The Hall–Kier alpha value is 0.0400. The number of nitrogens with zero attached hydrogens (tertiary/aromatic N) is 1. The lowest BCUT2D eigenvalue weighted by molar-refractivity contribution is -0.117. The van der Waals surface area contributed by atoms with Crippen LogP contribution < -0.4 is 0 Å². The fourth-order valence-corrected chi connectivity index (χ4v) is 3.13. The minimum atomic E-state index is -0.376. The topological polar surface area (TPSA) is 46.5 Å². The van der Waals surface area contributed by atoms with Crippen LogP contribution in [0.5, 0.6) is 0 Å². The van der Waals surface area contributed by atoms with Crippen molar-refractivity contribution in [1.82, 2.24) is 0 Å². The SMILES string of the molecule is O=C=NC(=O)CCCCSSCCCl. The molecular weight excluding hydrogens is 242 g/mol. The van der Waals surface area contributed by atoms with Crippen LogP contribution in [0, 0.1) is 0 Å². The van der Waals surface area contributed by atoms with E-state index in [4.69, 9.17) is 11.6 Å². The number of alkyl halides is 1. The highest BCUT2D eigenvalue weighted by Crippen LogP contribution is 2.22. The summed E-state index contributed by atoms with van der Waals surface area (Å²) in [5.74, 6) is 2.24. The lowest BCUT2D eigenvalue weighted by Crippen LogP contribution is -1.92. The summed E-state index contributed by atoms with van der Waals surface area (Å²) < 4.78 is 0. The van der Waals surface area contributed by atoms with E-state index in [-0.39, 0.29) is 5.91 Å². The van der Waals surface area contributed by atoms with Crippen LogP contribution in [-0.4, -0.2) is 29.4 Å². The molecule has 0 heterocycles. The van der Waals surface area contributed by atoms with E-state index in [1.807, 2.05) is 0 Å². The van der Waals surface area contributed by atoms with E-state index < -0.39 is 0 Å². The Balaban J connectivity index is 3.13. The molecule has 0 unspecified atom stereocenters. The summed E-state index contributed by atoms with van der Waals surface area (Å²) in [7, 11) is 3.49. The highest BCUT2D eigenvalue weighted by Gasteiger charge is 1.98. The zero-order valence-electron chi connectivity index (χ0n) is 7.70. The van der Waals surface area contributed by atoms with Gasteiger partial charge in [-0.1, -0.05) is 21.6 Å². The average molecular weight is 254 g/mol. The van der Waals surface area contributed by atoms with Crippen LogP contribution >= 0.6 is 33.2 Å². The predicted octanol–water partition coefficient (Wildman–Crippen LogP) is 2.64. The van der Waals surface area contributed by atoms with Gasteiger partial charge in [0.25, 0.3) is 5.91 Å². The highest BCUT2D eigenvalue weighted by atomic mass is 35.5. The Morgan fingerprint density at radius 3 is 2.64 bits per heavy atom. The van der Waals surface area contributed by atoms with Crippen molar-refractivity contribution >= 4 is 45.2 Å². The van der Waals surface area contributed by atoms with Crippen LogP contribution in [0.3, 0.4) is 0 Å². The van der Waals surface area contributed by atoms with Crippen LogP contribution in [0.15, 0.2) is 4.99 Å². The number of unbranched alkanes of at least 4 members (excludes halogenated alkanes) is 1. The lowest BCUT2D eigenvalue weighted by Gasteiger charge is -1.97. The molecule has 0 spiro atoms. The Morgan fingerprint density at radius 2 is 2.00 bits per heavy atom. The van der Waals surface area contributed by atoms with Crippen molar-refractivity contribution in [2.24, 2.45) is 4.99 Å². The van der Waals surface area contributed by atoms with Crippen molar-refractivity contribution in [1.29, 1.82) is 0 Å². The fraction of sp³-hybridized carbons (Fsp3) is 0.750. The number of carbonyl (C=O) groups is 1. The maximum Gasteiger partial charge on any atom is 0.256 e. The molecule has 0 aromatic rings. The quantitative estimate of drug-likeness (QED) is 0.219. The third kappa shape index (κ3) is 10.1. The molecule has 0 aliphatic carbocycles. The molecule has 80 valence electrons. The van der Waals surface area contributed by atoms with Gasteiger partial charge in [0, 0.05) is 23.8 Å². The number of carbonyl (C=O) groups excluding carboxylic acids is 2.